The summed E-state index contributed by atoms with van der Waals surface area (Å²) in [7, 11) is 1.12. The summed E-state index contributed by atoms with van der Waals surface area (Å²) < 4.78 is 21.7. The molecule has 1 aliphatic rings. The molecule has 1 aliphatic heterocycles. The largest absolute Gasteiger partial charge is 0.323 e. The van der Waals surface area contributed by atoms with Crippen LogP contribution in [0.1, 0.15) is 12.8 Å². The lowest BCUT2D eigenvalue weighted by atomic mass is 10.4. The van der Waals surface area contributed by atoms with E-state index in [1.807, 2.05) is 0 Å². The molecule has 0 aliphatic carbocycles. The van der Waals surface area contributed by atoms with Crippen molar-refractivity contribution in [2.75, 3.05) is 6.54 Å². The second kappa shape index (κ2) is 2.39. The fourth-order valence-electron chi connectivity index (χ4n) is 0.854. The van der Waals surface area contributed by atoms with Gasteiger partial charge in [0.15, 0.2) is 0 Å². The molecule has 1 amide bonds. The molecule has 1 heterocycles. The zero-order chi connectivity index (χ0) is 7.78. The van der Waals surface area contributed by atoms with Gasteiger partial charge in [0.05, 0.1) is 0 Å². The van der Waals surface area contributed by atoms with Gasteiger partial charge in [-0.15, -0.1) is 0 Å². The summed E-state index contributed by atoms with van der Waals surface area (Å²) >= 11 is 0. The van der Waals surface area contributed by atoms with Crippen LogP contribution in [0.25, 0.3) is 0 Å². The summed E-state index contributed by atoms with van der Waals surface area (Å²) in [5, 5.41) is 0. The minimum atomic E-state index is -3.80. The molecule has 0 radical (unpaired) electrons. The molecule has 58 valence electrons. The van der Waals surface area contributed by atoms with Crippen molar-refractivity contribution in [3.05, 3.63) is 0 Å². The van der Waals surface area contributed by atoms with Gasteiger partial charge in [-0.1, -0.05) is 0 Å². The number of carbonyl (C=O) groups is 1. The standard InChI is InChI=1S/C4H6ClNO3S/c5-10(8,9)6-3-1-2-4(6)7/h1-3H2. The Balaban J connectivity index is 2.84. The molecule has 10 heavy (non-hydrogen) atoms. The van der Waals surface area contributed by atoms with E-state index in [1.165, 1.54) is 0 Å². The van der Waals surface area contributed by atoms with Crippen LogP contribution in [-0.2, 0) is 14.0 Å². The van der Waals surface area contributed by atoms with Gasteiger partial charge in [0.25, 0.3) is 0 Å². The van der Waals surface area contributed by atoms with E-state index in [9.17, 15) is 13.2 Å². The molecule has 1 saturated heterocycles. The van der Waals surface area contributed by atoms with E-state index in [0.717, 1.165) is 0 Å². The maximum Gasteiger partial charge on any atom is 0.323 e. The minimum absolute atomic E-state index is 0.227. The van der Waals surface area contributed by atoms with Gasteiger partial charge in [-0.05, 0) is 6.42 Å². The molecule has 0 aromatic carbocycles. The third kappa shape index (κ3) is 1.41. The monoisotopic (exact) mass is 183 g/mol. The van der Waals surface area contributed by atoms with Gasteiger partial charge in [0.1, 0.15) is 0 Å². The van der Waals surface area contributed by atoms with Crippen LogP contribution in [0.4, 0.5) is 0 Å². The van der Waals surface area contributed by atoms with Crippen LogP contribution in [-0.4, -0.2) is 25.2 Å². The van der Waals surface area contributed by atoms with Crippen molar-refractivity contribution in [2.45, 2.75) is 12.8 Å². The molecule has 0 unspecified atom stereocenters. The summed E-state index contributed by atoms with van der Waals surface area (Å²) in [6, 6.07) is 0. The summed E-state index contributed by atoms with van der Waals surface area (Å²) in [6.45, 7) is 0.227. The smallest absolute Gasteiger partial charge is 0.274 e. The second-order valence-corrected chi connectivity index (χ2v) is 4.45. The molecule has 0 spiro atoms. The van der Waals surface area contributed by atoms with E-state index >= 15 is 0 Å². The molecule has 0 N–H and O–H groups in total. The normalized spacial score (nSPS) is 20.1. The highest BCUT2D eigenvalue weighted by molar-refractivity contribution is 8.12. The number of halogens is 1. The molecular formula is C4H6ClNO3S. The fourth-order valence-corrected chi connectivity index (χ4v) is 1.97. The van der Waals surface area contributed by atoms with Crippen molar-refractivity contribution in [1.82, 2.24) is 4.31 Å². The molecule has 0 saturated carbocycles. The Bertz CT molecular complexity index is 247. The lowest BCUT2D eigenvalue weighted by Crippen LogP contribution is -2.27. The highest BCUT2D eigenvalue weighted by atomic mass is 35.7. The van der Waals surface area contributed by atoms with Crippen molar-refractivity contribution in [2.24, 2.45) is 0 Å². The van der Waals surface area contributed by atoms with Crippen LogP contribution in [0.2, 0.25) is 0 Å². The Hall–Kier alpha value is -0.290. The highest BCUT2D eigenvalue weighted by Crippen LogP contribution is 2.16. The first-order valence-electron chi connectivity index (χ1n) is 2.77. The van der Waals surface area contributed by atoms with Crippen molar-refractivity contribution in [3.8, 4) is 0 Å². The zero-order valence-electron chi connectivity index (χ0n) is 5.08. The van der Waals surface area contributed by atoms with Crippen molar-refractivity contribution in [1.29, 1.82) is 0 Å². The molecule has 0 atom stereocenters. The van der Waals surface area contributed by atoms with Crippen molar-refractivity contribution < 1.29 is 13.2 Å². The molecule has 4 nitrogen and oxygen atoms in total. The molecule has 0 aromatic rings. The SMILES string of the molecule is O=C1CCCN1S(=O)(=O)Cl. The van der Waals surface area contributed by atoms with Gasteiger partial charge < -0.3 is 0 Å². The molecule has 1 rings (SSSR count). The average Bonchev–Trinajstić information content (AvgIpc) is 2.11. The second-order valence-electron chi connectivity index (χ2n) is 2.01. The number of nitrogens with zero attached hydrogens (tertiary/aromatic N) is 1. The summed E-state index contributed by atoms with van der Waals surface area (Å²) in [6.07, 6.45) is 0.858. The van der Waals surface area contributed by atoms with E-state index in [4.69, 9.17) is 10.7 Å². The predicted octanol–water partition coefficient (Wildman–Crippen LogP) is 0.0924. The topological polar surface area (TPSA) is 54.5 Å². The third-order valence-electron chi connectivity index (χ3n) is 1.29. The Morgan fingerprint density at radius 1 is 1.50 bits per heavy atom. The Morgan fingerprint density at radius 2 is 2.10 bits per heavy atom. The van der Waals surface area contributed by atoms with Crippen molar-refractivity contribution in [3.63, 3.8) is 0 Å². The van der Waals surface area contributed by atoms with Crippen LogP contribution in [0.3, 0.4) is 0 Å². The molecular weight excluding hydrogens is 178 g/mol. The van der Waals surface area contributed by atoms with Gasteiger partial charge in [0, 0.05) is 23.6 Å². The average molecular weight is 184 g/mol. The summed E-state index contributed by atoms with van der Waals surface area (Å²) in [5.74, 6) is -0.407. The molecule has 0 aromatic heterocycles. The first-order valence-corrected chi connectivity index (χ1v) is 5.03. The number of carbonyl (C=O) groups excluding carboxylic acids is 1. The maximum absolute atomic E-state index is 10.7. The van der Waals surface area contributed by atoms with E-state index in [2.05, 4.69) is 0 Å². The summed E-state index contributed by atoms with van der Waals surface area (Å²) in [4.78, 5) is 10.7. The van der Waals surface area contributed by atoms with Gasteiger partial charge in [-0.25, -0.2) is 4.31 Å². The van der Waals surface area contributed by atoms with E-state index in [-0.39, 0.29) is 13.0 Å². The van der Waals surface area contributed by atoms with Crippen LogP contribution >= 0.6 is 10.7 Å². The molecule has 1 fully saturated rings. The van der Waals surface area contributed by atoms with Crippen LogP contribution < -0.4 is 0 Å². The van der Waals surface area contributed by atoms with Gasteiger partial charge in [-0.2, -0.15) is 8.42 Å². The Kier molecular flexibility index (Phi) is 1.87. The Labute approximate surface area is 63.3 Å². The molecule has 0 bridgehead atoms. The quantitative estimate of drug-likeness (QED) is 0.542. The first-order chi connectivity index (χ1) is 4.52. The number of amides is 1. The maximum atomic E-state index is 10.7. The number of rotatable bonds is 1. The van der Waals surface area contributed by atoms with Crippen LogP contribution in [0.15, 0.2) is 0 Å². The lowest BCUT2D eigenvalue weighted by Gasteiger charge is -2.08. The van der Waals surface area contributed by atoms with E-state index < -0.39 is 15.1 Å². The van der Waals surface area contributed by atoms with Crippen LogP contribution in [0, 0.1) is 0 Å². The third-order valence-corrected chi connectivity index (χ3v) is 2.71. The summed E-state index contributed by atoms with van der Waals surface area (Å²) in [5.41, 5.74) is 0. The van der Waals surface area contributed by atoms with Crippen LogP contribution in [0.5, 0.6) is 0 Å². The first kappa shape index (κ1) is 7.81. The van der Waals surface area contributed by atoms with Gasteiger partial charge >= 0.3 is 9.24 Å². The predicted molar refractivity (Wildman–Crippen MR) is 35.7 cm³/mol. The van der Waals surface area contributed by atoms with Crippen molar-refractivity contribution >= 4 is 25.8 Å². The Morgan fingerprint density at radius 3 is 2.30 bits per heavy atom. The zero-order valence-corrected chi connectivity index (χ0v) is 6.65. The minimum Gasteiger partial charge on any atom is -0.274 e. The van der Waals surface area contributed by atoms with Gasteiger partial charge in [0.2, 0.25) is 5.91 Å². The molecule has 6 heteroatoms. The number of hydrogen-bond donors (Lipinski definition) is 0. The van der Waals surface area contributed by atoms with Gasteiger partial charge in [-0.3, -0.25) is 4.79 Å². The van der Waals surface area contributed by atoms with E-state index in [1.54, 1.807) is 0 Å². The highest BCUT2D eigenvalue weighted by Gasteiger charge is 2.29. The fraction of sp³-hybridized carbons (Fsp3) is 0.750. The number of hydrogen-bond acceptors (Lipinski definition) is 3. The van der Waals surface area contributed by atoms with E-state index in [0.29, 0.717) is 10.7 Å². The lowest BCUT2D eigenvalue weighted by molar-refractivity contribution is -0.123.